The Morgan fingerprint density at radius 3 is 2.40 bits per heavy atom. The number of carbonyl (C=O) groups is 1. The van der Waals surface area contributed by atoms with Crippen LogP contribution >= 0.6 is 0 Å². The van der Waals surface area contributed by atoms with Gasteiger partial charge in [0.25, 0.3) is 0 Å². The number of carboxylic acids is 1. The van der Waals surface area contributed by atoms with Gasteiger partial charge in [0, 0.05) is 13.5 Å². The number of phenols is 1. The number of aromatic hydroxyl groups is 1. The Morgan fingerprint density at radius 1 is 1.47 bits per heavy atom. The van der Waals surface area contributed by atoms with E-state index in [1.807, 2.05) is 0 Å². The van der Waals surface area contributed by atoms with Crippen LogP contribution in [0.1, 0.15) is 8.42 Å². The Hall–Kier alpha value is -0.784. The van der Waals surface area contributed by atoms with Gasteiger partial charge in [-0.05, 0) is 17.7 Å². The van der Waals surface area contributed by atoms with Crippen molar-refractivity contribution in [3.05, 3.63) is 29.8 Å². The van der Waals surface area contributed by atoms with Crippen molar-refractivity contribution < 1.29 is 22.6 Å². The quantitative estimate of drug-likeness (QED) is 0.742. The molecule has 0 saturated carbocycles. The summed E-state index contributed by atoms with van der Waals surface area (Å²) >= 11 is 0. The summed E-state index contributed by atoms with van der Waals surface area (Å²) < 4.78 is 4.78. The molecule has 0 aliphatic carbocycles. The Morgan fingerprint density at radius 2 is 2.00 bits per heavy atom. The van der Waals surface area contributed by atoms with Gasteiger partial charge >= 0.3 is 29.0 Å². The minimum atomic E-state index is -0.986. The van der Waals surface area contributed by atoms with Crippen LogP contribution in [0.25, 0.3) is 0 Å². The summed E-state index contributed by atoms with van der Waals surface area (Å²) in [6.07, 6.45) is -0.536. The SMILES string of the molecule is COC(Cc1ccc(O)cc1)C(=O)O.[H-].[H-].[Mg+2]. The first-order chi connectivity index (χ1) is 6.63. The van der Waals surface area contributed by atoms with Crippen molar-refractivity contribution in [1.29, 1.82) is 0 Å². The van der Waals surface area contributed by atoms with Gasteiger partial charge in [0.1, 0.15) is 5.75 Å². The van der Waals surface area contributed by atoms with E-state index in [9.17, 15) is 4.79 Å². The number of ether oxygens (including phenoxy) is 1. The molecule has 0 saturated heterocycles. The van der Waals surface area contributed by atoms with Gasteiger partial charge in [0.15, 0.2) is 6.10 Å². The van der Waals surface area contributed by atoms with E-state index in [0.717, 1.165) is 5.56 Å². The van der Waals surface area contributed by atoms with E-state index in [1.54, 1.807) is 12.1 Å². The molecule has 80 valence electrons. The first kappa shape index (κ1) is 14.2. The molecule has 0 radical (unpaired) electrons. The van der Waals surface area contributed by atoms with E-state index in [0.29, 0.717) is 6.42 Å². The molecular formula is C10H14MgO4. The average Bonchev–Trinajstić information content (AvgIpc) is 2.16. The predicted octanol–water partition coefficient (Wildman–Crippen LogP) is 0.879. The minimum Gasteiger partial charge on any atom is -1.00 e. The van der Waals surface area contributed by atoms with Gasteiger partial charge in [-0.1, -0.05) is 12.1 Å². The number of benzene rings is 1. The fraction of sp³-hybridized carbons (Fsp3) is 0.300. The number of hydrogen-bond acceptors (Lipinski definition) is 3. The Balaban J connectivity index is -0.000000653. The van der Waals surface area contributed by atoms with Gasteiger partial charge in [-0.3, -0.25) is 0 Å². The molecule has 1 unspecified atom stereocenters. The van der Waals surface area contributed by atoms with Crippen molar-refractivity contribution in [2.24, 2.45) is 0 Å². The smallest absolute Gasteiger partial charge is 1.00 e. The second kappa shape index (κ2) is 6.65. The number of methoxy groups -OCH3 is 1. The van der Waals surface area contributed by atoms with E-state index in [1.165, 1.54) is 19.2 Å². The summed E-state index contributed by atoms with van der Waals surface area (Å²) in [5.74, 6) is -0.821. The number of phenolic OH excluding ortho intramolecular Hbond substituents is 1. The standard InChI is InChI=1S/C10H12O4.Mg.2H/c1-14-9(10(12)13)6-7-2-4-8(11)5-3-7;;;/h2-5,9,11H,6H2,1H3,(H,12,13);;;/q;+2;2*-1. The molecule has 15 heavy (non-hydrogen) atoms. The van der Waals surface area contributed by atoms with Crippen molar-refractivity contribution in [2.75, 3.05) is 7.11 Å². The summed E-state index contributed by atoms with van der Waals surface area (Å²) in [4.78, 5) is 10.6. The monoisotopic (exact) mass is 222 g/mol. The Kier molecular flexibility index (Phi) is 6.31. The molecule has 0 bridgehead atoms. The van der Waals surface area contributed by atoms with Gasteiger partial charge in [-0.25, -0.2) is 4.79 Å². The number of aliphatic carboxylic acids is 1. The zero-order valence-electron chi connectivity index (χ0n) is 10.5. The fourth-order valence-electron chi connectivity index (χ4n) is 1.12. The maximum atomic E-state index is 10.6. The molecule has 0 aliphatic rings. The second-order valence-corrected chi connectivity index (χ2v) is 2.93. The van der Waals surface area contributed by atoms with E-state index < -0.39 is 12.1 Å². The molecule has 1 atom stereocenters. The van der Waals surface area contributed by atoms with Crippen LogP contribution in [-0.4, -0.2) is 52.4 Å². The molecule has 0 fully saturated rings. The van der Waals surface area contributed by atoms with Gasteiger partial charge < -0.3 is 17.8 Å². The molecule has 0 spiro atoms. The third-order valence-electron chi connectivity index (χ3n) is 1.92. The molecule has 1 aromatic carbocycles. The van der Waals surface area contributed by atoms with Crippen LogP contribution in [-0.2, 0) is 16.0 Å². The summed E-state index contributed by atoms with van der Waals surface area (Å²) in [5.41, 5.74) is 0.817. The first-order valence-corrected chi connectivity index (χ1v) is 4.17. The molecular weight excluding hydrogens is 208 g/mol. The van der Waals surface area contributed by atoms with E-state index in [4.69, 9.17) is 14.9 Å². The van der Waals surface area contributed by atoms with Crippen LogP contribution in [0, 0.1) is 0 Å². The van der Waals surface area contributed by atoms with Crippen molar-refractivity contribution >= 4 is 29.0 Å². The summed E-state index contributed by atoms with van der Waals surface area (Å²) in [6.45, 7) is 0. The van der Waals surface area contributed by atoms with Crippen molar-refractivity contribution in [3.8, 4) is 5.75 Å². The molecule has 5 heteroatoms. The van der Waals surface area contributed by atoms with Crippen LogP contribution in [0.5, 0.6) is 5.75 Å². The zero-order chi connectivity index (χ0) is 10.6. The van der Waals surface area contributed by atoms with Crippen molar-refractivity contribution in [1.82, 2.24) is 0 Å². The summed E-state index contributed by atoms with van der Waals surface area (Å²) in [7, 11) is 1.36. The van der Waals surface area contributed by atoms with Gasteiger partial charge in [-0.2, -0.15) is 0 Å². The Labute approximate surface area is 107 Å². The molecule has 1 rings (SSSR count). The van der Waals surface area contributed by atoms with E-state index >= 15 is 0 Å². The summed E-state index contributed by atoms with van der Waals surface area (Å²) in [6, 6.07) is 6.38. The van der Waals surface area contributed by atoms with E-state index in [2.05, 4.69) is 0 Å². The Bertz CT molecular complexity index is 319. The largest absolute Gasteiger partial charge is 2.00 e. The molecule has 0 aliphatic heterocycles. The normalized spacial score (nSPS) is 11.5. The average molecular weight is 223 g/mol. The van der Waals surface area contributed by atoms with Gasteiger partial charge in [0.05, 0.1) is 0 Å². The molecule has 4 nitrogen and oxygen atoms in total. The zero-order valence-corrected chi connectivity index (χ0v) is 9.93. The van der Waals surface area contributed by atoms with Crippen LogP contribution in [0.4, 0.5) is 0 Å². The summed E-state index contributed by atoms with van der Waals surface area (Å²) in [5, 5.41) is 17.7. The van der Waals surface area contributed by atoms with Crippen LogP contribution in [0.3, 0.4) is 0 Å². The fourth-order valence-corrected chi connectivity index (χ4v) is 1.12. The molecule has 2 N–H and O–H groups in total. The molecule has 0 heterocycles. The first-order valence-electron chi connectivity index (χ1n) is 4.17. The number of carboxylic acid groups (broad SMARTS) is 1. The van der Waals surface area contributed by atoms with Crippen molar-refractivity contribution in [3.63, 3.8) is 0 Å². The third kappa shape index (κ3) is 4.50. The van der Waals surface area contributed by atoms with Crippen LogP contribution < -0.4 is 0 Å². The predicted molar refractivity (Wildman–Crippen MR) is 58.2 cm³/mol. The van der Waals surface area contributed by atoms with Crippen LogP contribution in [0.15, 0.2) is 24.3 Å². The van der Waals surface area contributed by atoms with E-state index in [-0.39, 0.29) is 31.7 Å². The number of hydrogen-bond donors (Lipinski definition) is 2. The maximum absolute atomic E-state index is 10.6. The van der Waals surface area contributed by atoms with Crippen LogP contribution in [0.2, 0.25) is 0 Å². The minimum absolute atomic E-state index is 0. The third-order valence-corrected chi connectivity index (χ3v) is 1.92. The topological polar surface area (TPSA) is 66.8 Å². The van der Waals surface area contributed by atoms with Gasteiger partial charge in [0.2, 0.25) is 0 Å². The van der Waals surface area contributed by atoms with Gasteiger partial charge in [-0.15, -0.1) is 0 Å². The van der Waals surface area contributed by atoms with Crippen molar-refractivity contribution in [2.45, 2.75) is 12.5 Å². The molecule has 0 aromatic heterocycles. The number of rotatable bonds is 4. The second-order valence-electron chi connectivity index (χ2n) is 2.93. The molecule has 0 amide bonds. The molecule has 1 aromatic rings. The maximum Gasteiger partial charge on any atom is 2.00 e.